The summed E-state index contributed by atoms with van der Waals surface area (Å²) in [6, 6.07) is 3.48. The van der Waals surface area contributed by atoms with Gasteiger partial charge in [-0.15, -0.1) is 5.10 Å². The van der Waals surface area contributed by atoms with Gasteiger partial charge in [0.1, 0.15) is 0 Å². The first-order valence-electron chi connectivity index (χ1n) is 8.06. The van der Waals surface area contributed by atoms with E-state index >= 15 is 0 Å². The molecule has 1 aromatic heterocycles. The van der Waals surface area contributed by atoms with Gasteiger partial charge < -0.3 is 10.2 Å². The molecule has 0 radical (unpaired) electrons. The highest BCUT2D eigenvalue weighted by Crippen LogP contribution is 2.39. The Labute approximate surface area is 125 Å². The summed E-state index contributed by atoms with van der Waals surface area (Å²) in [4.78, 5) is 14.9. The SMILES string of the molecule is CN1[C@@H]2CC[C@H]1CC(NC(=O)c1cc(C3CC3)cnn1)C2. The third-order valence-corrected chi connectivity index (χ3v) is 5.39. The lowest BCUT2D eigenvalue weighted by Gasteiger charge is -2.36. The van der Waals surface area contributed by atoms with Crippen molar-refractivity contribution >= 4 is 5.91 Å². The molecule has 1 aliphatic carbocycles. The largest absolute Gasteiger partial charge is 0.348 e. The van der Waals surface area contributed by atoms with Crippen molar-refractivity contribution in [2.75, 3.05) is 7.05 Å². The fourth-order valence-corrected chi connectivity index (χ4v) is 3.92. The molecule has 21 heavy (non-hydrogen) atoms. The number of piperidine rings is 1. The van der Waals surface area contributed by atoms with Crippen LogP contribution in [0.5, 0.6) is 0 Å². The minimum Gasteiger partial charge on any atom is -0.348 e. The van der Waals surface area contributed by atoms with Gasteiger partial charge in [0.2, 0.25) is 0 Å². The Kier molecular flexibility index (Phi) is 3.17. The van der Waals surface area contributed by atoms with Crippen LogP contribution in [0.2, 0.25) is 0 Å². The lowest BCUT2D eigenvalue weighted by molar-refractivity contribution is 0.0876. The Morgan fingerprint density at radius 2 is 1.95 bits per heavy atom. The van der Waals surface area contributed by atoms with Gasteiger partial charge in [0.15, 0.2) is 5.69 Å². The molecule has 0 aromatic carbocycles. The van der Waals surface area contributed by atoms with E-state index in [1.165, 1.54) is 31.2 Å². The average molecular weight is 286 g/mol. The number of amides is 1. The summed E-state index contributed by atoms with van der Waals surface area (Å²) in [5.41, 5.74) is 1.64. The molecule has 1 unspecified atom stereocenters. The normalized spacial score (nSPS) is 32.1. The van der Waals surface area contributed by atoms with E-state index in [2.05, 4.69) is 27.5 Å². The number of carbonyl (C=O) groups is 1. The zero-order valence-corrected chi connectivity index (χ0v) is 12.5. The molecule has 2 aliphatic heterocycles. The van der Waals surface area contributed by atoms with E-state index in [0.717, 1.165) is 12.8 Å². The van der Waals surface area contributed by atoms with Crippen LogP contribution in [0.25, 0.3) is 0 Å². The Morgan fingerprint density at radius 3 is 2.62 bits per heavy atom. The zero-order valence-electron chi connectivity index (χ0n) is 12.5. The van der Waals surface area contributed by atoms with Gasteiger partial charge in [0, 0.05) is 18.1 Å². The summed E-state index contributed by atoms with van der Waals surface area (Å²) < 4.78 is 0. The number of rotatable bonds is 3. The van der Waals surface area contributed by atoms with E-state index in [4.69, 9.17) is 0 Å². The summed E-state index contributed by atoms with van der Waals surface area (Å²) in [5.74, 6) is 0.546. The minimum absolute atomic E-state index is 0.0565. The molecule has 3 fully saturated rings. The summed E-state index contributed by atoms with van der Waals surface area (Å²) in [6.07, 6.45) is 8.89. The minimum atomic E-state index is -0.0565. The Hall–Kier alpha value is -1.49. The van der Waals surface area contributed by atoms with Crippen molar-refractivity contribution in [3.63, 3.8) is 0 Å². The predicted octanol–water partition coefficient (Wildman–Crippen LogP) is 1.71. The Bertz CT molecular complexity index is 543. The number of aromatic nitrogens is 2. The third kappa shape index (κ3) is 2.55. The van der Waals surface area contributed by atoms with E-state index in [9.17, 15) is 4.79 Å². The van der Waals surface area contributed by atoms with Crippen molar-refractivity contribution in [3.05, 3.63) is 23.5 Å². The molecular weight excluding hydrogens is 264 g/mol. The van der Waals surface area contributed by atoms with Gasteiger partial charge in [-0.1, -0.05) is 0 Å². The maximum absolute atomic E-state index is 12.4. The Balaban J connectivity index is 1.43. The van der Waals surface area contributed by atoms with Crippen LogP contribution in [0, 0.1) is 0 Å². The van der Waals surface area contributed by atoms with Crippen molar-refractivity contribution in [2.24, 2.45) is 0 Å². The molecule has 112 valence electrons. The molecule has 1 aromatic rings. The van der Waals surface area contributed by atoms with Gasteiger partial charge in [-0.2, -0.15) is 5.10 Å². The zero-order chi connectivity index (χ0) is 14.4. The van der Waals surface area contributed by atoms with E-state index in [1.807, 2.05) is 6.07 Å². The third-order valence-electron chi connectivity index (χ3n) is 5.39. The summed E-state index contributed by atoms with van der Waals surface area (Å²) >= 11 is 0. The number of nitrogens with one attached hydrogen (secondary N) is 1. The first-order chi connectivity index (χ1) is 10.2. The number of fused-ring (bicyclic) bond motifs is 2. The van der Waals surface area contributed by atoms with Crippen molar-refractivity contribution < 1.29 is 4.79 Å². The first kappa shape index (κ1) is 13.2. The molecule has 5 heteroatoms. The molecule has 3 heterocycles. The molecule has 1 amide bonds. The fraction of sp³-hybridized carbons (Fsp3) is 0.688. The van der Waals surface area contributed by atoms with Crippen molar-refractivity contribution in [2.45, 2.75) is 62.6 Å². The topological polar surface area (TPSA) is 58.1 Å². The molecule has 1 N–H and O–H groups in total. The molecular formula is C16H22N4O. The van der Waals surface area contributed by atoms with Crippen LogP contribution in [0.3, 0.4) is 0 Å². The van der Waals surface area contributed by atoms with E-state index in [-0.39, 0.29) is 11.9 Å². The predicted molar refractivity (Wildman–Crippen MR) is 79.1 cm³/mol. The molecule has 2 saturated heterocycles. The molecule has 3 atom stereocenters. The number of hydrogen-bond donors (Lipinski definition) is 1. The van der Waals surface area contributed by atoms with Crippen LogP contribution >= 0.6 is 0 Å². The highest BCUT2D eigenvalue weighted by Gasteiger charge is 2.39. The first-order valence-corrected chi connectivity index (χ1v) is 8.06. The van der Waals surface area contributed by atoms with Crippen LogP contribution < -0.4 is 5.32 Å². The molecule has 5 nitrogen and oxygen atoms in total. The van der Waals surface area contributed by atoms with Gasteiger partial charge in [-0.3, -0.25) is 4.79 Å². The number of carbonyl (C=O) groups excluding carboxylic acids is 1. The fourth-order valence-electron chi connectivity index (χ4n) is 3.92. The van der Waals surface area contributed by atoms with Gasteiger partial charge in [-0.05, 0) is 63.1 Å². The van der Waals surface area contributed by atoms with Gasteiger partial charge >= 0.3 is 0 Å². The smallest absolute Gasteiger partial charge is 0.272 e. The van der Waals surface area contributed by atoms with Crippen LogP contribution in [-0.4, -0.2) is 46.2 Å². The van der Waals surface area contributed by atoms with E-state index < -0.39 is 0 Å². The second-order valence-electron chi connectivity index (χ2n) is 6.84. The summed E-state index contributed by atoms with van der Waals surface area (Å²) in [7, 11) is 2.21. The van der Waals surface area contributed by atoms with E-state index in [0.29, 0.717) is 23.7 Å². The van der Waals surface area contributed by atoms with Crippen molar-refractivity contribution in [1.82, 2.24) is 20.4 Å². The highest BCUT2D eigenvalue weighted by atomic mass is 16.2. The molecule has 2 bridgehead atoms. The maximum Gasteiger partial charge on any atom is 0.272 e. The molecule has 0 spiro atoms. The molecule has 4 rings (SSSR count). The van der Waals surface area contributed by atoms with Crippen LogP contribution in [0.1, 0.15) is 60.5 Å². The number of nitrogens with zero attached hydrogens (tertiary/aromatic N) is 3. The van der Waals surface area contributed by atoms with Crippen molar-refractivity contribution in [1.29, 1.82) is 0 Å². The second kappa shape index (κ2) is 5.05. The van der Waals surface area contributed by atoms with Crippen LogP contribution in [-0.2, 0) is 0 Å². The van der Waals surface area contributed by atoms with Crippen LogP contribution in [0.15, 0.2) is 12.3 Å². The van der Waals surface area contributed by atoms with E-state index in [1.54, 1.807) is 6.20 Å². The summed E-state index contributed by atoms with van der Waals surface area (Å²) in [6.45, 7) is 0. The average Bonchev–Trinajstić information content (AvgIpc) is 3.30. The maximum atomic E-state index is 12.4. The second-order valence-corrected chi connectivity index (χ2v) is 6.84. The lowest BCUT2D eigenvalue weighted by Crippen LogP contribution is -2.48. The quantitative estimate of drug-likeness (QED) is 0.919. The lowest BCUT2D eigenvalue weighted by atomic mass is 9.98. The highest BCUT2D eigenvalue weighted by molar-refractivity contribution is 5.92. The Morgan fingerprint density at radius 1 is 1.24 bits per heavy atom. The van der Waals surface area contributed by atoms with Gasteiger partial charge in [-0.25, -0.2) is 0 Å². The van der Waals surface area contributed by atoms with Crippen molar-refractivity contribution in [3.8, 4) is 0 Å². The van der Waals surface area contributed by atoms with Gasteiger partial charge in [0.25, 0.3) is 5.91 Å². The molecule has 1 saturated carbocycles. The molecule has 3 aliphatic rings. The summed E-state index contributed by atoms with van der Waals surface area (Å²) in [5, 5.41) is 11.2. The standard InChI is InChI=1S/C16H22N4O/c1-20-13-4-5-14(20)8-12(7-13)18-16(21)15-6-11(9-17-19-15)10-2-3-10/h6,9-10,12-14H,2-5,7-8H2,1H3,(H,18,21)/t12?,13-,14+. The van der Waals surface area contributed by atoms with Gasteiger partial charge in [0.05, 0.1) is 6.20 Å². The number of hydrogen-bond acceptors (Lipinski definition) is 4. The monoisotopic (exact) mass is 286 g/mol. The van der Waals surface area contributed by atoms with Crippen LogP contribution in [0.4, 0.5) is 0 Å².